The van der Waals surface area contributed by atoms with Crippen LogP contribution in [0.4, 0.5) is 0 Å². The summed E-state index contributed by atoms with van der Waals surface area (Å²) in [6.07, 6.45) is 3.33. The number of aryl methyl sites for hydroxylation is 2. The normalized spacial score (nSPS) is 10.5. The third kappa shape index (κ3) is 2.03. The van der Waals surface area contributed by atoms with Crippen molar-refractivity contribution in [3.05, 3.63) is 18.7 Å². The molecule has 0 aliphatic heterocycles. The fraction of sp³-hybridized carbons (Fsp3) is 0.625. The summed E-state index contributed by atoms with van der Waals surface area (Å²) >= 11 is 0. The summed E-state index contributed by atoms with van der Waals surface area (Å²) in [4.78, 5) is 4.24. The molecule has 0 aliphatic rings. The summed E-state index contributed by atoms with van der Waals surface area (Å²) in [6.45, 7) is 4.05. The van der Waals surface area contributed by atoms with Gasteiger partial charge in [-0.3, -0.25) is 0 Å². The Hall–Kier alpha value is -0.860. The topological polar surface area (TPSA) is 30.7 Å². The molecule has 0 unspecified atom stereocenters. The van der Waals surface area contributed by atoms with Crippen molar-refractivity contribution in [2.75, 3.05) is 0 Å². The molecule has 0 saturated carbocycles. The second-order valence-electron chi connectivity index (χ2n) is 2.68. The van der Waals surface area contributed by atoms with E-state index in [1.54, 1.807) is 4.68 Å². The van der Waals surface area contributed by atoms with E-state index in [0.29, 0.717) is 0 Å². The van der Waals surface area contributed by atoms with Crippen LogP contribution < -0.4 is 0 Å². The third-order valence-corrected chi connectivity index (χ3v) is 1.61. The van der Waals surface area contributed by atoms with Gasteiger partial charge in [-0.15, -0.1) is 0 Å². The largest absolute Gasteiger partial charge is 0.248 e. The van der Waals surface area contributed by atoms with Gasteiger partial charge in [-0.2, -0.15) is 5.10 Å². The highest BCUT2D eigenvalue weighted by Crippen LogP contribution is 2.01. The Morgan fingerprint density at radius 2 is 2.27 bits per heavy atom. The predicted octanol–water partition coefficient (Wildman–Crippen LogP) is 1.57. The van der Waals surface area contributed by atoms with Crippen molar-refractivity contribution in [2.45, 2.75) is 33.1 Å². The number of hydrogen-bond acceptors (Lipinski definition) is 2. The van der Waals surface area contributed by atoms with Gasteiger partial charge in [0.15, 0.2) is 0 Å². The maximum absolute atomic E-state index is 4.24. The molecule has 3 nitrogen and oxygen atoms in total. The molecule has 0 atom stereocenters. The molecule has 1 heterocycles. The number of rotatable bonds is 3. The van der Waals surface area contributed by atoms with Crippen LogP contribution in [-0.2, 0) is 6.42 Å². The molecule has 0 amide bonds. The Kier molecular flexibility index (Phi) is 2.63. The first kappa shape index (κ1) is 8.24. The standard InChI is InChI=1S/C8H14N3/c1-4-5-6-8-9-7(2)10-11(8)3/h3-6H2,1-2H3. The third-order valence-electron chi connectivity index (χ3n) is 1.61. The lowest BCUT2D eigenvalue weighted by molar-refractivity contribution is 0.711. The second-order valence-corrected chi connectivity index (χ2v) is 2.68. The Balaban J connectivity index is 2.62. The highest BCUT2D eigenvalue weighted by atomic mass is 15.3. The van der Waals surface area contributed by atoms with Gasteiger partial charge in [-0.05, 0) is 13.3 Å². The summed E-state index contributed by atoms with van der Waals surface area (Å²) in [5.74, 6) is 1.80. The van der Waals surface area contributed by atoms with Crippen LogP contribution >= 0.6 is 0 Å². The van der Waals surface area contributed by atoms with Crippen LogP contribution in [0.1, 0.15) is 31.4 Å². The summed E-state index contributed by atoms with van der Waals surface area (Å²) in [5.41, 5.74) is 0. The van der Waals surface area contributed by atoms with Crippen molar-refractivity contribution >= 4 is 0 Å². The van der Waals surface area contributed by atoms with Gasteiger partial charge in [0, 0.05) is 6.42 Å². The van der Waals surface area contributed by atoms with Gasteiger partial charge in [0.25, 0.3) is 0 Å². The zero-order chi connectivity index (χ0) is 8.27. The lowest BCUT2D eigenvalue weighted by Gasteiger charge is -1.95. The molecule has 1 aromatic rings. The second kappa shape index (κ2) is 3.51. The van der Waals surface area contributed by atoms with Crippen LogP contribution in [0.2, 0.25) is 0 Å². The Morgan fingerprint density at radius 1 is 1.55 bits per heavy atom. The molecule has 0 N–H and O–H groups in total. The minimum atomic E-state index is 0.811. The van der Waals surface area contributed by atoms with E-state index in [0.717, 1.165) is 24.5 Å². The van der Waals surface area contributed by atoms with Crippen LogP contribution in [-0.4, -0.2) is 14.8 Å². The van der Waals surface area contributed by atoms with Crippen molar-refractivity contribution < 1.29 is 0 Å². The van der Waals surface area contributed by atoms with E-state index in [1.807, 2.05) is 6.92 Å². The number of hydrogen-bond donors (Lipinski definition) is 0. The molecule has 0 saturated heterocycles. The van der Waals surface area contributed by atoms with Crippen molar-refractivity contribution in [1.29, 1.82) is 0 Å². The van der Waals surface area contributed by atoms with Crippen molar-refractivity contribution in [3.8, 4) is 0 Å². The molecular weight excluding hydrogens is 138 g/mol. The van der Waals surface area contributed by atoms with Crippen LogP contribution in [0.15, 0.2) is 0 Å². The Bertz CT molecular complexity index is 227. The molecule has 1 rings (SSSR count). The van der Waals surface area contributed by atoms with E-state index in [4.69, 9.17) is 0 Å². The predicted molar refractivity (Wildman–Crippen MR) is 44.1 cm³/mol. The summed E-state index contributed by atoms with van der Waals surface area (Å²) < 4.78 is 1.62. The van der Waals surface area contributed by atoms with Crippen LogP contribution in [0.25, 0.3) is 0 Å². The first-order valence-electron chi connectivity index (χ1n) is 3.97. The van der Waals surface area contributed by atoms with Gasteiger partial charge in [0.2, 0.25) is 0 Å². The Labute approximate surface area is 67.4 Å². The number of unbranched alkanes of at least 4 members (excludes halogenated alkanes) is 1. The highest BCUT2D eigenvalue weighted by molar-refractivity contribution is 4.91. The molecule has 0 bridgehead atoms. The minimum Gasteiger partial charge on any atom is -0.248 e. The van der Waals surface area contributed by atoms with Crippen molar-refractivity contribution in [1.82, 2.24) is 14.8 Å². The van der Waals surface area contributed by atoms with Crippen LogP contribution in [0, 0.1) is 14.0 Å². The molecule has 3 heteroatoms. The van der Waals surface area contributed by atoms with Gasteiger partial charge in [-0.25, -0.2) is 9.67 Å². The quantitative estimate of drug-likeness (QED) is 0.658. The molecule has 0 fully saturated rings. The van der Waals surface area contributed by atoms with Crippen LogP contribution in [0.3, 0.4) is 0 Å². The molecule has 61 valence electrons. The van der Waals surface area contributed by atoms with E-state index in [1.165, 1.54) is 6.42 Å². The fourth-order valence-electron chi connectivity index (χ4n) is 1.02. The summed E-state index contributed by atoms with van der Waals surface area (Å²) in [6, 6.07) is 0. The van der Waals surface area contributed by atoms with Crippen molar-refractivity contribution in [3.63, 3.8) is 0 Å². The average Bonchev–Trinajstić information content (AvgIpc) is 2.26. The molecule has 0 aromatic carbocycles. The average molecular weight is 152 g/mol. The lowest BCUT2D eigenvalue weighted by Crippen LogP contribution is -1.96. The lowest BCUT2D eigenvalue weighted by atomic mass is 10.2. The SMILES string of the molecule is [CH2]n1nc(C)nc1CCCC. The van der Waals surface area contributed by atoms with E-state index >= 15 is 0 Å². The van der Waals surface area contributed by atoms with Crippen LogP contribution in [0.5, 0.6) is 0 Å². The molecule has 1 aromatic heterocycles. The monoisotopic (exact) mass is 152 g/mol. The van der Waals surface area contributed by atoms with Gasteiger partial charge in [0.05, 0.1) is 7.05 Å². The van der Waals surface area contributed by atoms with Gasteiger partial charge in [0.1, 0.15) is 11.6 Å². The highest BCUT2D eigenvalue weighted by Gasteiger charge is 2.01. The smallest absolute Gasteiger partial charge is 0.147 e. The molecular formula is C8H14N3. The van der Waals surface area contributed by atoms with Gasteiger partial charge < -0.3 is 0 Å². The first-order valence-corrected chi connectivity index (χ1v) is 3.97. The first-order chi connectivity index (χ1) is 5.24. The fourth-order valence-corrected chi connectivity index (χ4v) is 1.02. The molecule has 0 spiro atoms. The maximum atomic E-state index is 4.24. The molecule has 11 heavy (non-hydrogen) atoms. The summed E-state index contributed by atoms with van der Waals surface area (Å²) in [5, 5.41) is 4.06. The van der Waals surface area contributed by atoms with E-state index < -0.39 is 0 Å². The summed E-state index contributed by atoms with van der Waals surface area (Å²) in [7, 11) is 3.74. The zero-order valence-electron chi connectivity index (χ0n) is 7.17. The van der Waals surface area contributed by atoms with E-state index in [9.17, 15) is 0 Å². The Morgan fingerprint density at radius 3 is 2.73 bits per heavy atom. The molecule has 0 aliphatic carbocycles. The van der Waals surface area contributed by atoms with Gasteiger partial charge in [-0.1, -0.05) is 13.3 Å². The minimum absolute atomic E-state index is 0.811. The van der Waals surface area contributed by atoms with Gasteiger partial charge >= 0.3 is 0 Å². The van der Waals surface area contributed by atoms with Crippen molar-refractivity contribution in [2.24, 2.45) is 0 Å². The zero-order valence-corrected chi connectivity index (χ0v) is 7.17. The number of nitrogens with zero attached hydrogens (tertiary/aromatic N) is 3. The molecule has 1 radical (unpaired) electrons. The maximum Gasteiger partial charge on any atom is 0.147 e. The van der Waals surface area contributed by atoms with E-state index in [-0.39, 0.29) is 0 Å². The van der Waals surface area contributed by atoms with E-state index in [2.05, 4.69) is 24.1 Å². The number of aromatic nitrogens is 3.